The number of carbonyl (C=O) groups is 1. The predicted octanol–water partition coefficient (Wildman–Crippen LogP) is 2.32. The molecule has 2 aliphatic carbocycles. The summed E-state index contributed by atoms with van der Waals surface area (Å²) in [5, 5.41) is 3.25. The molecule has 3 fully saturated rings. The van der Waals surface area contributed by atoms with Gasteiger partial charge in [0.1, 0.15) is 5.75 Å². The fourth-order valence-electron chi connectivity index (χ4n) is 5.40. The van der Waals surface area contributed by atoms with Gasteiger partial charge in [0.15, 0.2) is 0 Å². The molecule has 5 unspecified atom stereocenters. The van der Waals surface area contributed by atoms with E-state index in [0.29, 0.717) is 18.4 Å². The first-order valence-corrected chi connectivity index (χ1v) is 10.1. The van der Waals surface area contributed by atoms with Crippen LogP contribution in [0.15, 0.2) is 24.3 Å². The van der Waals surface area contributed by atoms with Crippen molar-refractivity contribution in [1.82, 2.24) is 10.2 Å². The Labute approximate surface area is 156 Å². The molecule has 1 saturated heterocycles. The van der Waals surface area contributed by atoms with Gasteiger partial charge < -0.3 is 15.8 Å². The SMILES string of the molecule is COc1cccc(C(CNC(=O)C2C3CCC(C3)C2N)N2CCCC2)c1. The third-order valence-electron chi connectivity index (χ3n) is 6.81. The zero-order valence-corrected chi connectivity index (χ0v) is 15.7. The van der Waals surface area contributed by atoms with Gasteiger partial charge in [-0.25, -0.2) is 0 Å². The first kappa shape index (κ1) is 17.8. The summed E-state index contributed by atoms with van der Waals surface area (Å²) in [6.45, 7) is 2.82. The highest BCUT2D eigenvalue weighted by Crippen LogP contribution is 2.47. The van der Waals surface area contributed by atoms with Crippen LogP contribution < -0.4 is 15.8 Å². The van der Waals surface area contributed by atoms with Crippen molar-refractivity contribution < 1.29 is 9.53 Å². The maximum absolute atomic E-state index is 12.9. The second-order valence-corrected chi connectivity index (χ2v) is 8.22. The van der Waals surface area contributed by atoms with Crippen LogP contribution in [0.4, 0.5) is 0 Å². The Morgan fingerprint density at radius 2 is 2.08 bits per heavy atom. The van der Waals surface area contributed by atoms with Crippen LogP contribution >= 0.6 is 0 Å². The molecule has 3 aliphatic rings. The number of amides is 1. The normalized spacial score (nSPS) is 31.9. The van der Waals surface area contributed by atoms with E-state index < -0.39 is 0 Å². The summed E-state index contributed by atoms with van der Waals surface area (Å²) in [4.78, 5) is 15.4. The molecule has 1 amide bonds. The van der Waals surface area contributed by atoms with E-state index in [0.717, 1.165) is 25.3 Å². The van der Waals surface area contributed by atoms with Gasteiger partial charge in [-0.3, -0.25) is 9.69 Å². The van der Waals surface area contributed by atoms with E-state index in [2.05, 4.69) is 22.3 Å². The number of nitrogens with one attached hydrogen (secondary N) is 1. The lowest BCUT2D eigenvalue weighted by Gasteiger charge is -2.31. The Morgan fingerprint density at radius 1 is 1.31 bits per heavy atom. The second-order valence-electron chi connectivity index (χ2n) is 8.22. The molecule has 1 aromatic rings. The maximum atomic E-state index is 12.9. The molecular weight excluding hydrogens is 326 g/mol. The fourth-order valence-corrected chi connectivity index (χ4v) is 5.40. The zero-order valence-electron chi connectivity index (χ0n) is 15.7. The number of carbonyl (C=O) groups excluding carboxylic acids is 1. The minimum absolute atomic E-state index is 0.0123. The van der Waals surface area contributed by atoms with Crippen molar-refractivity contribution in [2.75, 3.05) is 26.7 Å². The van der Waals surface area contributed by atoms with Crippen LogP contribution in [0.3, 0.4) is 0 Å². The first-order chi connectivity index (χ1) is 12.7. The standard InChI is InChI=1S/C21H31N3O2/c1-26-17-6-4-5-14(12-17)18(24-9-2-3-10-24)13-23-21(25)19-15-7-8-16(11-15)20(19)22/h4-6,12,15-16,18-20H,2-3,7-11,13,22H2,1H3,(H,23,25). The Kier molecular flexibility index (Phi) is 5.18. The van der Waals surface area contributed by atoms with Crippen LogP contribution in [0.25, 0.3) is 0 Å². The summed E-state index contributed by atoms with van der Waals surface area (Å²) in [7, 11) is 1.70. The number of likely N-dealkylation sites (tertiary alicyclic amines) is 1. The summed E-state index contributed by atoms with van der Waals surface area (Å²) in [5.74, 6) is 2.10. The largest absolute Gasteiger partial charge is 0.497 e. The van der Waals surface area contributed by atoms with Crippen molar-refractivity contribution >= 4 is 5.91 Å². The first-order valence-electron chi connectivity index (χ1n) is 10.1. The number of hydrogen-bond acceptors (Lipinski definition) is 4. The molecule has 0 radical (unpaired) electrons. The van der Waals surface area contributed by atoms with E-state index in [4.69, 9.17) is 10.5 Å². The van der Waals surface area contributed by atoms with E-state index >= 15 is 0 Å². The van der Waals surface area contributed by atoms with Gasteiger partial charge in [0.2, 0.25) is 5.91 Å². The molecule has 1 heterocycles. The van der Waals surface area contributed by atoms with Gasteiger partial charge >= 0.3 is 0 Å². The fraction of sp³-hybridized carbons (Fsp3) is 0.667. The minimum Gasteiger partial charge on any atom is -0.497 e. The van der Waals surface area contributed by atoms with Gasteiger partial charge in [0.25, 0.3) is 0 Å². The molecule has 2 bridgehead atoms. The van der Waals surface area contributed by atoms with Crippen molar-refractivity contribution in [2.24, 2.45) is 23.5 Å². The lowest BCUT2D eigenvalue weighted by Crippen LogP contribution is -2.47. The molecule has 0 spiro atoms. The molecular formula is C21H31N3O2. The molecule has 2 saturated carbocycles. The molecule has 5 heteroatoms. The summed E-state index contributed by atoms with van der Waals surface area (Å²) in [6, 6.07) is 8.49. The number of hydrogen-bond donors (Lipinski definition) is 2. The molecule has 4 rings (SSSR count). The molecule has 5 nitrogen and oxygen atoms in total. The molecule has 1 aromatic carbocycles. The smallest absolute Gasteiger partial charge is 0.225 e. The highest BCUT2D eigenvalue weighted by Gasteiger charge is 2.49. The van der Waals surface area contributed by atoms with Crippen molar-refractivity contribution in [3.63, 3.8) is 0 Å². The number of nitrogens with two attached hydrogens (primary N) is 1. The summed E-state index contributed by atoms with van der Waals surface area (Å²) >= 11 is 0. The third kappa shape index (κ3) is 3.35. The lowest BCUT2D eigenvalue weighted by molar-refractivity contribution is -0.127. The summed E-state index contributed by atoms with van der Waals surface area (Å²) in [5.41, 5.74) is 7.57. The van der Waals surface area contributed by atoms with E-state index in [1.807, 2.05) is 12.1 Å². The number of ether oxygens (including phenoxy) is 1. The van der Waals surface area contributed by atoms with Crippen LogP contribution in [0.5, 0.6) is 5.75 Å². The Balaban J connectivity index is 1.45. The molecule has 1 aliphatic heterocycles. The average Bonchev–Trinajstić information content (AvgIpc) is 3.39. The van der Waals surface area contributed by atoms with E-state index in [1.165, 1.54) is 31.2 Å². The van der Waals surface area contributed by atoms with Gasteiger partial charge in [-0.2, -0.15) is 0 Å². The van der Waals surface area contributed by atoms with Gasteiger partial charge in [-0.1, -0.05) is 12.1 Å². The zero-order chi connectivity index (χ0) is 18.1. The highest BCUT2D eigenvalue weighted by molar-refractivity contribution is 5.80. The molecule has 5 atom stereocenters. The highest BCUT2D eigenvalue weighted by atomic mass is 16.5. The Bertz CT molecular complexity index is 642. The van der Waals surface area contributed by atoms with Crippen molar-refractivity contribution in [3.8, 4) is 5.75 Å². The Hall–Kier alpha value is -1.59. The number of benzene rings is 1. The third-order valence-corrected chi connectivity index (χ3v) is 6.81. The molecule has 0 aromatic heterocycles. The second kappa shape index (κ2) is 7.57. The number of fused-ring (bicyclic) bond motifs is 2. The summed E-state index contributed by atoms with van der Waals surface area (Å²) < 4.78 is 5.40. The summed E-state index contributed by atoms with van der Waals surface area (Å²) in [6.07, 6.45) is 5.97. The van der Waals surface area contributed by atoms with Gasteiger partial charge in [0, 0.05) is 12.6 Å². The molecule has 142 valence electrons. The number of rotatable bonds is 6. The van der Waals surface area contributed by atoms with Crippen LogP contribution in [0.1, 0.15) is 43.7 Å². The van der Waals surface area contributed by atoms with Crippen LogP contribution in [0, 0.1) is 17.8 Å². The van der Waals surface area contributed by atoms with E-state index in [1.54, 1.807) is 7.11 Å². The van der Waals surface area contributed by atoms with Crippen LogP contribution in [0.2, 0.25) is 0 Å². The van der Waals surface area contributed by atoms with E-state index in [-0.39, 0.29) is 23.9 Å². The van der Waals surface area contributed by atoms with Crippen molar-refractivity contribution in [1.29, 1.82) is 0 Å². The number of nitrogens with zero attached hydrogens (tertiary/aromatic N) is 1. The Morgan fingerprint density at radius 3 is 2.77 bits per heavy atom. The monoisotopic (exact) mass is 357 g/mol. The number of methoxy groups -OCH3 is 1. The lowest BCUT2D eigenvalue weighted by atomic mass is 9.84. The van der Waals surface area contributed by atoms with Crippen LogP contribution in [-0.2, 0) is 4.79 Å². The van der Waals surface area contributed by atoms with Gasteiger partial charge in [-0.15, -0.1) is 0 Å². The average molecular weight is 357 g/mol. The van der Waals surface area contributed by atoms with Crippen molar-refractivity contribution in [3.05, 3.63) is 29.8 Å². The van der Waals surface area contributed by atoms with Gasteiger partial charge in [0.05, 0.1) is 19.1 Å². The molecule has 26 heavy (non-hydrogen) atoms. The minimum atomic E-state index is 0.0123. The van der Waals surface area contributed by atoms with Crippen molar-refractivity contribution in [2.45, 2.75) is 44.2 Å². The quantitative estimate of drug-likeness (QED) is 0.820. The van der Waals surface area contributed by atoms with E-state index in [9.17, 15) is 4.79 Å². The maximum Gasteiger partial charge on any atom is 0.225 e. The van der Waals surface area contributed by atoms with Crippen LogP contribution in [-0.4, -0.2) is 43.6 Å². The topological polar surface area (TPSA) is 67.6 Å². The predicted molar refractivity (Wildman–Crippen MR) is 102 cm³/mol. The molecule has 3 N–H and O–H groups in total. The van der Waals surface area contributed by atoms with Gasteiger partial charge in [-0.05, 0) is 74.7 Å².